The van der Waals surface area contributed by atoms with Crippen molar-refractivity contribution in [1.29, 1.82) is 0 Å². The molecule has 2 aromatic carbocycles. The van der Waals surface area contributed by atoms with Gasteiger partial charge in [-0.15, -0.1) is 0 Å². The molecule has 10 heteroatoms. The number of hydrogen-bond acceptors (Lipinski definition) is 6. The Morgan fingerprint density at radius 2 is 0.955 bits per heavy atom. The maximum atomic E-state index is 11.2. The molecule has 0 aliphatic rings. The molecule has 22 heavy (non-hydrogen) atoms. The molecule has 2 rings (SSSR count). The molecule has 112 valence electrons. The zero-order valence-electron chi connectivity index (χ0n) is 10.9. The Morgan fingerprint density at radius 1 is 0.636 bits per heavy atom. The molecule has 0 bridgehead atoms. The second-order valence-electron chi connectivity index (χ2n) is 4.10. The second-order valence-corrected chi connectivity index (χ2v) is 4.10. The van der Waals surface area contributed by atoms with Crippen LogP contribution in [0.1, 0.15) is 0 Å². The van der Waals surface area contributed by atoms with Gasteiger partial charge in [0.25, 0.3) is 11.4 Å². The van der Waals surface area contributed by atoms with Crippen molar-refractivity contribution in [3.05, 3.63) is 78.9 Å². The third kappa shape index (κ3) is 2.95. The Bertz CT molecular complexity index is 671. The quantitative estimate of drug-likeness (QED) is 0.612. The van der Waals surface area contributed by atoms with E-state index in [0.29, 0.717) is 5.01 Å². The molecule has 0 saturated carbocycles. The van der Waals surface area contributed by atoms with Crippen LogP contribution >= 0.6 is 0 Å². The first-order valence-corrected chi connectivity index (χ1v) is 5.83. The fourth-order valence-corrected chi connectivity index (χ4v) is 1.77. The van der Waals surface area contributed by atoms with Crippen LogP contribution in [0, 0.1) is 30.3 Å². The van der Waals surface area contributed by atoms with Crippen LogP contribution in [0.5, 0.6) is 0 Å². The molecule has 0 fully saturated rings. The molecule has 0 atom stereocenters. The summed E-state index contributed by atoms with van der Waals surface area (Å²) >= 11 is 0. The van der Waals surface area contributed by atoms with Gasteiger partial charge >= 0.3 is 0 Å². The molecule has 10 nitrogen and oxygen atoms in total. The van der Waals surface area contributed by atoms with Crippen molar-refractivity contribution in [3.8, 4) is 0 Å². The molecule has 0 heterocycles. The van der Waals surface area contributed by atoms with Crippen LogP contribution in [0.2, 0.25) is 0 Å². The summed E-state index contributed by atoms with van der Waals surface area (Å²) < 4.78 is 0. The highest BCUT2D eigenvalue weighted by Crippen LogP contribution is 2.28. The number of non-ortho nitro benzene ring substituents is 2. The Balaban J connectivity index is 2.39. The van der Waals surface area contributed by atoms with Crippen LogP contribution in [0.3, 0.4) is 0 Å². The van der Waals surface area contributed by atoms with Gasteiger partial charge in [-0.3, -0.25) is 20.2 Å². The predicted octanol–water partition coefficient (Wildman–Crippen LogP) is 2.83. The van der Waals surface area contributed by atoms with E-state index in [4.69, 9.17) is 0 Å². The van der Waals surface area contributed by atoms with E-state index in [-0.39, 0.29) is 22.7 Å². The maximum absolute atomic E-state index is 11.2. The highest BCUT2D eigenvalue weighted by atomic mass is 16.7. The zero-order chi connectivity index (χ0) is 16.3. The van der Waals surface area contributed by atoms with Gasteiger partial charge in [-0.1, -0.05) is 5.01 Å². The number of anilines is 2. The predicted molar refractivity (Wildman–Crippen MR) is 75.3 cm³/mol. The lowest BCUT2D eigenvalue weighted by atomic mass is 10.2. The van der Waals surface area contributed by atoms with Gasteiger partial charge in [0, 0.05) is 24.3 Å². The standard InChI is InChI=1S/C12H8N4O6/c17-14(18)11-5-1-9(2-6-11)13(16(21)22)10-3-7-12(8-4-10)15(19)20/h1-8H. The number of benzene rings is 2. The molecule has 0 aromatic heterocycles. The van der Waals surface area contributed by atoms with Crippen LogP contribution in [-0.2, 0) is 0 Å². The molecule has 0 saturated heterocycles. The Kier molecular flexibility index (Phi) is 3.93. The third-order valence-electron chi connectivity index (χ3n) is 2.77. The van der Waals surface area contributed by atoms with E-state index in [1.165, 1.54) is 24.3 Å². The SMILES string of the molecule is O=[N+]([O-])c1ccc(N(c2ccc([N+](=O)[O-])cc2)[N+](=O)[O-])cc1. The van der Waals surface area contributed by atoms with Crippen molar-refractivity contribution in [2.24, 2.45) is 0 Å². The van der Waals surface area contributed by atoms with Gasteiger partial charge in [0.2, 0.25) is 0 Å². The molecule has 0 aliphatic heterocycles. The summed E-state index contributed by atoms with van der Waals surface area (Å²) in [5.41, 5.74) is -0.222. The van der Waals surface area contributed by atoms with Crippen molar-refractivity contribution in [2.75, 3.05) is 5.01 Å². The van der Waals surface area contributed by atoms with Gasteiger partial charge in [-0.2, -0.15) is 0 Å². The molecule has 0 spiro atoms. The molecule has 0 unspecified atom stereocenters. The van der Waals surface area contributed by atoms with Gasteiger partial charge in [-0.25, -0.2) is 10.1 Å². The second kappa shape index (κ2) is 5.83. The summed E-state index contributed by atoms with van der Waals surface area (Å²) in [6.07, 6.45) is 0. The van der Waals surface area contributed by atoms with E-state index in [9.17, 15) is 30.3 Å². The molecular weight excluding hydrogens is 296 g/mol. The van der Waals surface area contributed by atoms with Gasteiger partial charge < -0.3 is 0 Å². The minimum absolute atomic E-state index is 0.0875. The van der Waals surface area contributed by atoms with Gasteiger partial charge in [-0.05, 0) is 24.3 Å². The maximum Gasteiger partial charge on any atom is 0.269 e. The van der Waals surface area contributed by atoms with Crippen LogP contribution in [0.4, 0.5) is 22.7 Å². The van der Waals surface area contributed by atoms with Crippen LogP contribution in [-0.4, -0.2) is 14.9 Å². The van der Waals surface area contributed by atoms with E-state index in [0.717, 1.165) is 24.3 Å². The lowest BCUT2D eigenvalue weighted by Gasteiger charge is -2.13. The van der Waals surface area contributed by atoms with Gasteiger partial charge in [0.1, 0.15) is 11.4 Å². The summed E-state index contributed by atoms with van der Waals surface area (Å²) in [5.74, 6) is 0. The van der Waals surface area contributed by atoms with Crippen molar-refractivity contribution in [3.63, 3.8) is 0 Å². The number of nitro benzene ring substituents is 2. The Morgan fingerprint density at radius 3 is 1.18 bits per heavy atom. The molecular formula is C12H8N4O6. The van der Waals surface area contributed by atoms with Gasteiger partial charge in [0.15, 0.2) is 5.03 Å². The Hall–Kier alpha value is -3.56. The number of rotatable bonds is 5. The summed E-state index contributed by atoms with van der Waals surface area (Å²) in [6.45, 7) is 0. The largest absolute Gasteiger partial charge is 0.269 e. The van der Waals surface area contributed by atoms with Crippen molar-refractivity contribution in [2.45, 2.75) is 0 Å². The smallest absolute Gasteiger partial charge is 0.258 e. The van der Waals surface area contributed by atoms with Crippen LogP contribution in [0.25, 0.3) is 0 Å². The highest BCUT2D eigenvalue weighted by Gasteiger charge is 2.21. The number of hydrazine groups is 1. The first-order chi connectivity index (χ1) is 10.4. The molecule has 0 aliphatic carbocycles. The lowest BCUT2D eigenvalue weighted by Crippen LogP contribution is -2.24. The average molecular weight is 304 g/mol. The molecule has 0 N–H and O–H groups in total. The third-order valence-corrected chi connectivity index (χ3v) is 2.77. The number of nitrogens with zero attached hydrogens (tertiary/aromatic N) is 4. The number of nitro groups is 3. The Labute approximate surface area is 122 Å². The van der Waals surface area contributed by atoms with Crippen molar-refractivity contribution in [1.82, 2.24) is 0 Å². The lowest BCUT2D eigenvalue weighted by molar-refractivity contribution is -0.483. The molecule has 0 radical (unpaired) electrons. The van der Waals surface area contributed by atoms with Crippen LogP contribution < -0.4 is 5.01 Å². The van der Waals surface area contributed by atoms with E-state index < -0.39 is 14.9 Å². The van der Waals surface area contributed by atoms with E-state index >= 15 is 0 Å². The highest BCUT2D eigenvalue weighted by molar-refractivity contribution is 5.62. The van der Waals surface area contributed by atoms with Crippen molar-refractivity contribution >= 4 is 22.7 Å². The van der Waals surface area contributed by atoms with Gasteiger partial charge in [0.05, 0.1) is 9.85 Å². The first-order valence-electron chi connectivity index (χ1n) is 5.83. The fraction of sp³-hybridized carbons (Fsp3) is 0. The topological polar surface area (TPSA) is 133 Å². The van der Waals surface area contributed by atoms with E-state index in [2.05, 4.69) is 0 Å². The first kappa shape index (κ1) is 14.8. The van der Waals surface area contributed by atoms with E-state index in [1.807, 2.05) is 0 Å². The summed E-state index contributed by atoms with van der Waals surface area (Å²) in [7, 11) is 0. The average Bonchev–Trinajstić information content (AvgIpc) is 2.48. The van der Waals surface area contributed by atoms with Crippen LogP contribution in [0.15, 0.2) is 48.5 Å². The summed E-state index contributed by atoms with van der Waals surface area (Å²) in [5, 5.41) is 32.3. The van der Waals surface area contributed by atoms with E-state index in [1.54, 1.807) is 0 Å². The molecule has 0 amide bonds. The molecule has 2 aromatic rings. The fourth-order valence-electron chi connectivity index (χ4n) is 1.77. The monoisotopic (exact) mass is 304 g/mol. The summed E-state index contributed by atoms with van der Waals surface area (Å²) in [4.78, 5) is 31.1. The van der Waals surface area contributed by atoms with Crippen molar-refractivity contribution < 1.29 is 14.9 Å². The normalized spacial score (nSPS) is 10.0. The minimum atomic E-state index is -0.720. The number of hydrogen-bond donors (Lipinski definition) is 0. The minimum Gasteiger partial charge on any atom is -0.258 e. The zero-order valence-corrected chi connectivity index (χ0v) is 10.9. The summed E-state index contributed by atoms with van der Waals surface area (Å²) in [6, 6.07) is 9.44.